The highest BCUT2D eigenvalue weighted by atomic mass is 79.9. The molecule has 2 aromatic carbocycles. The van der Waals surface area contributed by atoms with Crippen molar-refractivity contribution in [2.24, 2.45) is 0 Å². The van der Waals surface area contributed by atoms with Crippen LogP contribution in [-0.2, 0) is 9.47 Å². The van der Waals surface area contributed by atoms with Crippen LogP contribution in [-0.4, -0.2) is 35.4 Å². The average Bonchev–Trinajstić information content (AvgIpc) is 2.56. The van der Waals surface area contributed by atoms with Crippen LogP contribution in [0.5, 0.6) is 11.5 Å². The fourth-order valence-electron chi connectivity index (χ4n) is 1.70. The number of hydrogen-bond acceptors (Lipinski definition) is 6. The molecule has 24 heavy (non-hydrogen) atoms. The van der Waals surface area contributed by atoms with Gasteiger partial charge >= 0.3 is 11.9 Å². The predicted molar refractivity (Wildman–Crippen MR) is 92.2 cm³/mol. The molecule has 0 spiro atoms. The Morgan fingerprint density at radius 2 is 1.17 bits per heavy atom. The molecule has 0 aromatic heterocycles. The van der Waals surface area contributed by atoms with Crippen LogP contribution in [0.3, 0.4) is 0 Å². The van der Waals surface area contributed by atoms with Gasteiger partial charge in [-0.2, -0.15) is 0 Å². The maximum atomic E-state index is 11.8. The quantitative estimate of drug-likeness (QED) is 0.523. The van der Waals surface area contributed by atoms with Crippen molar-refractivity contribution < 1.29 is 29.3 Å². The first-order valence-electron chi connectivity index (χ1n) is 6.70. The molecule has 0 heterocycles. The summed E-state index contributed by atoms with van der Waals surface area (Å²) in [5.74, 6) is -1.17. The normalized spacial score (nSPS) is 10.2. The van der Waals surface area contributed by atoms with E-state index in [9.17, 15) is 19.8 Å². The average molecular weight is 460 g/mol. The number of benzene rings is 2. The molecule has 0 saturated heterocycles. The molecule has 0 aliphatic rings. The summed E-state index contributed by atoms with van der Waals surface area (Å²) in [5, 5.41) is 18.7. The second-order valence-electron chi connectivity index (χ2n) is 4.60. The van der Waals surface area contributed by atoms with Crippen molar-refractivity contribution in [1.29, 1.82) is 0 Å². The number of carbonyl (C=O) groups is 2. The van der Waals surface area contributed by atoms with Gasteiger partial charge in [-0.15, -0.1) is 0 Å². The van der Waals surface area contributed by atoms with E-state index in [2.05, 4.69) is 31.9 Å². The minimum atomic E-state index is -0.598. The van der Waals surface area contributed by atoms with Crippen LogP contribution in [0.2, 0.25) is 0 Å². The van der Waals surface area contributed by atoms with E-state index < -0.39 is 11.9 Å². The van der Waals surface area contributed by atoms with Gasteiger partial charge in [0.15, 0.2) is 0 Å². The number of hydrogen-bond donors (Lipinski definition) is 2. The molecule has 6 nitrogen and oxygen atoms in total. The van der Waals surface area contributed by atoms with Gasteiger partial charge in [0, 0.05) is 0 Å². The minimum absolute atomic E-state index is 0.0144. The Morgan fingerprint density at radius 3 is 1.50 bits per heavy atom. The molecule has 2 aromatic rings. The number of carbonyl (C=O) groups excluding carboxylic acids is 2. The lowest BCUT2D eigenvalue weighted by atomic mass is 10.2. The second-order valence-corrected chi connectivity index (χ2v) is 6.31. The Labute approximate surface area is 154 Å². The maximum absolute atomic E-state index is 11.8. The molecule has 0 aliphatic heterocycles. The van der Waals surface area contributed by atoms with Gasteiger partial charge in [-0.3, -0.25) is 0 Å². The van der Waals surface area contributed by atoms with Crippen molar-refractivity contribution in [2.45, 2.75) is 0 Å². The number of phenols is 2. The van der Waals surface area contributed by atoms with E-state index in [0.717, 1.165) is 0 Å². The predicted octanol–water partition coefficient (Wildman–Crippen LogP) is 3.64. The van der Waals surface area contributed by atoms with Crippen molar-refractivity contribution in [2.75, 3.05) is 13.2 Å². The van der Waals surface area contributed by atoms with Gasteiger partial charge in [-0.25, -0.2) is 9.59 Å². The number of phenolic OH excluding ortho intramolecular Hbond substituents is 2. The molecule has 0 radical (unpaired) electrons. The molecule has 0 bridgehead atoms. The zero-order valence-corrected chi connectivity index (χ0v) is 15.3. The SMILES string of the molecule is O=C(OCCOC(=O)c1ccc(O)c(Br)c1)c1ccc(O)c(Br)c1. The lowest BCUT2D eigenvalue weighted by Crippen LogP contribution is -2.14. The van der Waals surface area contributed by atoms with Crippen molar-refractivity contribution >= 4 is 43.8 Å². The molecule has 2 rings (SSSR count). The van der Waals surface area contributed by atoms with Gasteiger partial charge in [-0.1, -0.05) is 0 Å². The largest absolute Gasteiger partial charge is 0.507 e. The molecule has 8 heteroatoms. The topological polar surface area (TPSA) is 93.1 Å². The third-order valence-electron chi connectivity index (χ3n) is 2.92. The summed E-state index contributed by atoms with van der Waals surface area (Å²) in [6, 6.07) is 8.42. The highest BCUT2D eigenvalue weighted by molar-refractivity contribution is 9.10. The Kier molecular flexibility index (Phi) is 6.22. The zero-order chi connectivity index (χ0) is 17.7. The van der Waals surface area contributed by atoms with E-state index in [1.165, 1.54) is 36.4 Å². The summed E-state index contributed by atoms with van der Waals surface area (Å²) in [5.41, 5.74) is 0.516. The zero-order valence-electron chi connectivity index (χ0n) is 12.2. The molecule has 2 N–H and O–H groups in total. The van der Waals surface area contributed by atoms with Crippen molar-refractivity contribution in [1.82, 2.24) is 0 Å². The van der Waals surface area contributed by atoms with Crippen LogP contribution in [0, 0.1) is 0 Å². The molecular weight excluding hydrogens is 448 g/mol. The third-order valence-corrected chi connectivity index (χ3v) is 4.19. The van der Waals surface area contributed by atoms with Gasteiger partial charge in [0.25, 0.3) is 0 Å². The second kappa shape index (κ2) is 8.16. The van der Waals surface area contributed by atoms with Crippen molar-refractivity contribution in [3.05, 3.63) is 56.5 Å². The maximum Gasteiger partial charge on any atom is 0.338 e. The summed E-state index contributed by atoms with van der Waals surface area (Å²) < 4.78 is 10.7. The minimum Gasteiger partial charge on any atom is -0.507 e. The molecule has 126 valence electrons. The van der Waals surface area contributed by atoms with Gasteiger partial charge in [-0.05, 0) is 68.3 Å². The molecular formula is C16H12Br2O6. The number of esters is 2. The van der Waals surface area contributed by atoms with E-state index in [1.54, 1.807) is 0 Å². The van der Waals surface area contributed by atoms with Crippen LogP contribution >= 0.6 is 31.9 Å². The first kappa shape index (κ1) is 18.3. The summed E-state index contributed by atoms with van der Waals surface area (Å²) in [6.45, 7) is -0.218. The standard InChI is InChI=1S/C16H12Br2O6/c17-11-7-9(1-3-13(11)19)15(21)23-5-6-24-16(22)10-2-4-14(20)12(18)8-10/h1-4,7-8,19-20H,5-6H2. The molecule has 0 saturated carbocycles. The third kappa shape index (κ3) is 4.72. The fourth-order valence-corrected chi connectivity index (χ4v) is 2.46. The highest BCUT2D eigenvalue weighted by Crippen LogP contribution is 2.25. The van der Waals surface area contributed by atoms with Gasteiger partial charge in [0.1, 0.15) is 24.7 Å². The molecule has 0 fully saturated rings. The number of halogens is 2. The van der Waals surface area contributed by atoms with E-state index in [1.807, 2.05) is 0 Å². The van der Waals surface area contributed by atoms with E-state index in [0.29, 0.717) is 8.95 Å². The lowest BCUT2D eigenvalue weighted by molar-refractivity contribution is 0.0265. The number of ether oxygens (including phenoxy) is 2. The number of rotatable bonds is 5. The molecule has 0 amide bonds. The lowest BCUT2D eigenvalue weighted by Gasteiger charge is -2.07. The first-order chi connectivity index (χ1) is 11.4. The monoisotopic (exact) mass is 458 g/mol. The van der Waals surface area contributed by atoms with Crippen molar-refractivity contribution in [3.63, 3.8) is 0 Å². The van der Waals surface area contributed by atoms with Gasteiger partial charge in [0.05, 0.1) is 20.1 Å². The van der Waals surface area contributed by atoms with Crippen LogP contribution in [0.25, 0.3) is 0 Å². The van der Waals surface area contributed by atoms with Gasteiger partial charge < -0.3 is 19.7 Å². The van der Waals surface area contributed by atoms with E-state index in [4.69, 9.17) is 9.47 Å². The van der Waals surface area contributed by atoms with Crippen LogP contribution in [0.4, 0.5) is 0 Å². The van der Waals surface area contributed by atoms with Crippen molar-refractivity contribution in [3.8, 4) is 11.5 Å². The summed E-state index contributed by atoms with van der Waals surface area (Å²) in [6.07, 6.45) is 0. The fraction of sp³-hybridized carbons (Fsp3) is 0.125. The highest BCUT2D eigenvalue weighted by Gasteiger charge is 2.12. The van der Waals surface area contributed by atoms with Gasteiger partial charge in [0.2, 0.25) is 0 Å². The Bertz CT molecular complexity index is 710. The number of aromatic hydroxyl groups is 2. The summed E-state index contributed by atoms with van der Waals surface area (Å²) >= 11 is 6.21. The molecule has 0 atom stereocenters. The van der Waals surface area contributed by atoms with Crippen LogP contribution < -0.4 is 0 Å². The van der Waals surface area contributed by atoms with Crippen LogP contribution in [0.1, 0.15) is 20.7 Å². The van der Waals surface area contributed by atoms with E-state index >= 15 is 0 Å². The van der Waals surface area contributed by atoms with E-state index in [-0.39, 0.29) is 35.8 Å². The Morgan fingerprint density at radius 1 is 0.792 bits per heavy atom. The Hall–Kier alpha value is -2.06. The summed E-state index contributed by atoms with van der Waals surface area (Å²) in [7, 11) is 0. The first-order valence-corrected chi connectivity index (χ1v) is 8.28. The summed E-state index contributed by atoms with van der Waals surface area (Å²) in [4.78, 5) is 23.6. The molecule has 0 unspecified atom stereocenters. The molecule has 0 aliphatic carbocycles. The smallest absolute Gasteiger partial charge is 0.338 e. The van der Waals surface area contributed by atoms with Crippen LogP contribution in [0.15, 0.2) is 45.3 Å². The Balaban J connectivity index is 1.81.